The second kappa shape index (κ2) is 14.5. The van der Waals surface area contributed by atoms with Gasteiger partial charge in [-0.05, 0) is 43.2 Å². The van der Waals surface area contributed by atoms with Crippen LogP contribution in [0.4, 0.5) is 0 Å². The topological polar surface area (TPSA) is 222 Å². The van der Waals surface area contributed by atoms with Gasteiger partial charge >= 0.3 is 5.97 Å². The molecule has 5 atom stereocenters. The summed E-state index contributed by atoms with van der Waals surface area (Å²) in [5.41, 5.74) is 18.4. The number of guanidine groups is 1. The van der Waals surface area contributed by atoms with Crippen LogP contribution in [-0.4, -0.2) is 81.9 Å². The standard InChI is InChI=1S/C28H42N8O5/c1-3-16(2)23(25(38)34-21(27(40)41)14-17-15-33-20-10-5-4-8-18(17)20)35-24(37)22-11-7-13-36(22)26(39)19(29)9-6-12-32-28(30)31/h4-5,8,10,15-16,19,21-23,33H,3,6-7,9,11-14,29H2,1-2H3,(H,34,38)(H,35,37)(H,40,41)(H4,30,31,32). The number of likely N-dealkylation sites (tertiary alicyclic amines) is 1. The number of carbonyl (C=O) groups excluding carboxylic acids is 3. The molecule has 0 aliphatic carbocycles. The lowest BCUT2D eigenvalue weighted by Gasteiger charge is -2.30. The average Bonchev–Trinajstić information content (AvgIpc) is 3.60. The van der Waals surface area contributed by atoms with E-state index < -0.39 is 42.0 Å². The Bertz CT molecular complexity index is 1260. The molecule has 224 valence electrons. The van der Waals surface area contributed by atoms with E-state index in [1.165, 1.54) is 4.90 Å². The largest absolute Gasteiger partial charge is 0.480 e. The monoisotopic (exact) mass is 570 g/mol. The molecule has 1 aromatic heterocycles. The van der Waals surface area contributed by atoms with Crippen LogP contribution in [0.5, 0.6) is 0 Å². The third-order valence-electron chi connectivity index (χ3n) is 7.63. The number of hydrogen-bond acceptors (Lipinski definition) is 6. The summed E-state index contributed by atoms with van der Waals surface area (Å²) in [6.07, 6.45) is 4.28. The van der Waals surface area contributed by atoms with Crippen molar-refractivity contribution in [2.24, 2.45) is 28.1 Å². The van der Waals surface area contributed by atoms with Gasteiger partial charge in [0, 0.05) is 36.6 Å². The Labute approximate surface area is 239 Å². The number of hydrogen-bond donors (Lipinski definition) is 7. The number of nitrogens with zero attached hydrogens (tertiary/aromatic N) is 2. The minimum atomic E-state index is -1.20. The summed E-state index contributed by atoms with van der Waals surface area (Å²) < 4.78 is 0. The number of nitrogens with two attached hydrogens (primary N) is 3. The van der Waals surface area contributed by atoms with E-state index in [0.717, 1.165) is 16.5 Å². The molecule has 3 rings (SSSR count). The van der Waals surface area contributed by atoms with E-state index in [0.29, 0.717) is 45.2 Å². The van der Waals surface area contributed by atoms with Crippen LogP contribution in [0, 0.1) is 5.92 Å². The van der Waals surface area contributed by atoms with Crippen LogP contribution >= 0.6 is 0 Å². The summed E-state index contributed by atoms with van der Waals surface area (Å²) in [6, 6.07) is 3.74. The Morgan fingerprint density at radius 2 is 1.93 bits per heavy atom. The first kappa shape index (κ1) is 31.4. The number of aliphatic carboxylic acids is 1. The zero-order valence-electron chi connectivity index (χ0n) is 23.6. The summed E-state index contributed by atoms with van der Waals surface area (Å²) in [5.74, 6) is -2.90. The van der Waals surface area contributed by atoms with Crippen LogP contribution in [0.2, 0.25) is 0 Å². The number of carboxylic acids is 1. The maximum atomic E-state index is 13.4. The molecular weight excluding hydrogens is 528 g/mol. The predicted octanol–water partition coefficient (Wildman–Crippen LogP) is 0.183. The van der Waals surface area contributed by atoms with Crippen molar-refractivity contribution in [3.8, 4) is 0 Å². The first-order valence-corrected chi connectivity index (χ1v) is 14.0. The van der Waals surface area contributed by atoms with E-state index in [9.17, 15) is 24.3 Å². The molecule has 0 spiro atoms. The molecule has 3 amide bonds. The van der Waals surface area contributed by atoms with E-state index in [4.69, 9.17) is 17.2 Å². The van der Waals surface area contributed by atoms with Crippen molar-refractivity contribution in [1.82, 2.24) is 20.5 Å². The minimum absolute atomic E-state index is 0.0336. The van der Waals surface area contributed by atoms with Gasteiger partial charge in [-0.15, -0.1) is 0 Å². The van der Waals surface area contributed by atoms with Gasteiger partial charge in [0.2, 0.25) is 17.7 Å². The van der Waals surface area contributed by atoms with Gasteiger partial charge in [-0.2, -0.15) is 0 Å². The molecule has 2 heterocycles. The van der Waals surface area contributed by atoms with Gasteiger partial charge < -0.3 is 42.8 Å². The number of nitrogens with one attached hydrogen (secondary N) is 3. The molecule has 0 radical (unpaired) electrons. The van der Waals surface area contributed by atoms with Crippen molar-refractivity contribution in [1.29, 1.82) is 0 Å². The fourth-order valence-electron chi connectivity index (χ4n) is 5.09. The van der Waals surface area contributed by atoms with E-state index >= 15 is 0 Å². The van der Waals surface area contributed by atoms with Crippen molar-refractivity contribution >= 4 is 40.6 Å². The lowest BCUT2D eigenvalue weighted by atomic mass is 9.96. The molecule has 1 fully saturated rings. The van der Waals surface area contributed by atoms with Crippen LogP contribution in [-0.2, 0) is 25.6 Å². The Hall–Kier alpha value is -4.13. The molecule has 1 aliphatic rings. The molecular formula is C28H42N8O5. The van der Waals surface area contributed by atoms with Gasteiger partial charge in [0.25, 0.3) is 0 Å². The number of rotatable bonds is 14. The zero-order valence-corrected chi connectivity index (χ0v) is 23.6. The molecule has 10 N–H and O–H groups in total. The number of carbonyl (C=O) groups is 4. The number of amides is 3. The zero-order chi connectivity index (χ0) is 30.1. The van der Waals surface area contributed by atoms with Gasteiger partial charge in [-0.1, -0.05) is 38.5 Å². The molecule has 1 aliphatic heterocycles. The normalized spacial score (nSPS) is 17.8. The summed E-state index contributed by atoms with van der Waals surface area (Å²) >= 11 is 0. The van der Waals surface area contributed by atoms with Crippen LogP contribution in [0.3, 0.4) is 0 Å². The number of H-pyrrole nitrogens is 1. The Balaban J connectivity index is 1.67. The van der Waals surface area contributed by atoms with Crippen molar-refractivity contribution in [3.63, 3.8) is 0 Å². The van der Waals surface area contributed by atoms with Crippen molar-refractivity contribution in [3.05, 3.63) is 36.0 Å². The Morgan fingerprint density at radius 3 is 2.61 bits per heavy atom. The molecule has 1 saturated heterocycles. The van der Waals surface area contributed by atoms with Crippen LogP contribution in [0.15, 0.2) is 35.5 Å². The fraction of sp³-hybridized carbons (Fsp3) is 0.536. The highest BCUT2D eigenvalue weighted by Gasteiger charge is 2.38. The second-order valence-corrected chi connectivity index (χ2v) is 10.6. The molecule has 41 heavy (non-hydrogen) atoms. The maximum absolute atomic E-state index is 13.4. The average molecular weight is 571 g/mol. The number of aromatic nitrogens is 1. The number of benzene rings is 1. The molecule has 13 heteroatoms. The van der Waals surface area contributed by atoms with Gasteiger partial charge in [-0.3, -0.25) is 19.4 Å². The van der Waals surface area contributed by atoms with Gasteiger partial charge in [0.1, 0.15) is 18.1 Å². The quantitative estimate of drug-likeness (QED) is 0.0940. The Kier molecular flexibility index (Phi) is 11.1. The van der Waals surface area contributed by atoms with Gasteiger partial charge in [0.15, 0.2) is 5.96 Å². The molecule has 0 bridgehead atoms. The fourth-order valence-corrected chi connectivity index (χ4v) is 5.09. The number of aliphatic imine (C=N–C) groups is 1. The van der Waals surface area contributed by atoms with Crippen molar-refractivity contribution in [2.75, 3.05) is 13.1 Å². The molecule has 1 aromatic carbocycles. The number of para-hydroxylation sites is 1. The third-order valence-corrected chi connectivity index (χ3v) is 7.63. The molecule has 13 nitrogen and oxygen atoms in total. The smallest absolute Gasteiger partial charge is 0.326 e. The van der Waals surface area contributed by atoms with E-state index in [2.05, 4.69) is 20.6 Å². The molecule has 5 unspecified atom stereocenters. The molecule has 2 aromatic rings. The minimum Gasteiger partial charge on any atom is -0.480 e. The first-order chi connectivity index (χ1) is 19.5. The summed E-state index contributed by atoms with van der Waals surface area (Å²) in [6.45, 7) is 4.41. The van der Waals surface area contributed by atoms with Crippen molar-refractivity contribution < 1.29 is 24.3 Å². The Morgan fingerprint density at radius 1 is 1.20 bits per heavy atom. The summed E-state index contributed by atoms with van der Waals surface area (Å²) in [4.78, 5) is 60.4. The second-order valence-electron chi connectivity index (χ2n) is 10.6. The summed E-state index contributed by atoms with van der Waals surface area (Å²) in [5, 5.41) is 16.2. The summed E-state index contributed by atoms with van der Waals surface area (Å²) in [7, 11) is 0. The van der Waals surface area contributed by atoms with Gasteiger partial charge in [0.05, 0.1) is 6.04 Å². The van der Waals surface area contributed by atoms with E-state index in [-0.39, 0.29) is 24.2 Å². The number of fused-ring (bicyclic) bond motifs is 1. The SMILES string of the molecule is CCC(C)C(NC(=O)C1CCCN1C(=O)C(N)CCCN=C(N)N)C(=O)NC(Cc1c[nH]c2ccccc12)C(=O)O. The predicted molar refractivity (Wildman–Crippen MR) is 156 cm³/mol. The lowest BCUT2D eigenvalue weighted by Crippen LogP contribution is -2.58. The maximum Gasteiger partial charge on any atom is 0.326 e. The van der Waals surface area contributed by atoms with Gasteiger partial charge in [-0.25, -0.2) is 4.79 Å². The van der Waals surface area contributed by atoms with E-state index in [1.807, 2.05) is 38.1 Å². The highest BCUT2D eigenvalue weighted by Crippen LogP contribution is 2.21. The lowest BCUT2D eigenvalue weighted by molar-refractivity contribution is -0.143. The number of carboxylic acid groups (broad SMARTS) is 1. The van der Waals surface area contributed by atoms with Crippen LogP contribution < -0.4 is 27.8 Å². The highest BCUT2D eigenvalue weighted by atomic mass is 16.4. The highest BCUT2D eigenvalue weighted by molar-refractivity contribution is 5.95. The van der Waals surface area contributed by atoms with E-state index in [1.54, 1.807) is 6.20 Å². The number of aromatic amines is 1. The molecule has 0 saturated carbocycles. The third kappa shape index (κ3) is 8.19. The van der Waals surface area contributed by atoms with Crippen LogP contribution in [0.1, 0.15) is 51.5 Å². The van der Waals surface area contributed by atoms with Crippen molar-refractivity contribution in [2.45, 2.75) is 76.5 Å². The van der Waals surface area contributed by atoms with Crippen LogP contribution in [0.25, 0.3) is 10.9 Å². The first-order valence-electron chi connectivity index (χ1n) is 14.0.